The summed E-state index contributed by atoms with van der Waals surface area (Å²) >= 11 is 4.92. The lowest BCUT2D eigenvalue weighted by atomic mass is 10.1. The summed E-state index contributed by atoms with van der Waals surface area (Å²) in [4.78, 5) is 15.3. The van der Waals surface area contributed by atoms with Gasteiger partial charge in [0.15, 0.2) is 0 Å². The van der Waals surface area contributed by atoms with E-state index in [1.807, 2.05) is 23.1 Å². The van der Waals surface area contributed by atoms with Gasteiger partial charge in [0.05, 0.1) is 5.75 Å². The van der Waals surface area contributed by atoms with Crippen molar-refractivity contribution in [2.75, 3.05) is 24.6 Å². The van der Waals surface area contributed by atoms with Gasteiger partial charge < -0.3 is 10.6 Å². The summed E-state index contributed by atoms with van der Waals surface area (Å²) in [5, 5.41) is 0. The van der Waals surface area contributed by atoms with Crippen LogP contribution in [0.3, 0.4) is 0 Å². The zero-order valence-electron chi connectivity index (χ0n) is 11.6. The smallest absolute Gasteiger partial charge is 0.232 e. The van der Waals surface area contributed by atoms with E-state index in [0.717, 1.165) is 41.0 Å². The first-order valence-corrected chi connectivity index (χ1v) is 8.90. The largest absolute Gasteiger partial charge is 0.398 e. The van der Waals surface area contributed by atoms with Crippen LogP contribution in [0.1, 0.15) is 32.1 Å². The Morgan fingerprint density at radius 1 is 1.20 bits per heavy atom. The van der Waals surface area contributed by atoms with Gasteiger partial charge in [-0.25, -0.2) is 0 Å². The van der Waals surface area contributed by atoms with Crippen molar-refractivity contribution in [3.05, 3.63) is 22.7 Å². The fourth-order valence-electron chi connectivity index (χ4n) is 2.38. The molecule has 1 aliphatic heterocycles. The second-order valence-corrected chi connectivity index (χ2v) is 7.05. The lowest BCUT2D eigenvalue weighted by Crippen LogP contribution is -2.35. The van der Waals surface area contributed by atoms with E-state index in [2.05, 4.69) is 15.9 Å². The minimum atomic E-state index is 0.235. The Balaban J connectivity index is 1.87. The number of amides is 1. The molecule has 1 heterocycles. The number of carbonyl (C=O) groups is 1. The third-order valence-electron chi connectivity index (χ3n) is 3.53. The summed E-state index contributed by atoms with van der Waals surface area (Å²) in [6.45, 7) is 1.82. The maximum atomic E-state index is 12.3. The molecule has 110 valence electrons. The summed E-state index contributed by atoms with van der Waals surface area (Å²) in [5.41, 5.74) is 6.68. The van der Waals surface area contributed by atoms with Gasteiger partial charge in [0.2, 0.25) is 5.91 Å². The Morgan fingerprint density at radius 3 is 2.50 bits per heavy atom. The van der Waals surface area contributed by atoms with Crippen molar-refractivity contribution in [3.8, 4) is 0 Å². The molecule has 0 atom stereocenters. The Kier molecular flexibility index (Phi) is 6.23. The van der Waals surface area contributed by atoms with Crippen LogP contribution >= 0.6 is 27.7 Å². The quantitative estimate of drug-likeness (QED) is 0.659. The maximum absolute atomic E-state index is 12.3. The van der Waals surface area contributed by atoms with E-state index < -0.39 is 0 Å². The van der Waals surface area contributed by atoms with E-state index in [9.17, 15) is 4.79 Å². The highest BCUT2D eigenvalue weighted by Crippen LogP contribution is 2.28. The third-order valence-corrected chi connectivity index (χ3v) is 5.10. The van der Waals surface area contributed by atoms with Crippen LogP contribution in [0.15, 0.2) is 27.6 Å². The highest BCUT2D eigenvalue weighted by molar-refractivity contribution is 9.10. The number of hydrogen-bond acceptors (Lipinski definition) is 3. The highest BCUT2D eigenvalue weighted by Gasteiger charge is 2.15. The van der Waals surface area contributed by atoms with Gasteiger partial charge in [-0.05, 0) is 31.0 Å². The normalized spacial score (nSPS) is 16.6. The minimum Gasteiger partial charge on any atom is -0.398 e. The van der Waals surface area contributed by atoms with Gasteiger partial charge in [0.1, 0.15) is 0 Å². The zero-order chi connectivity index (χ0) is 14.4. The predicted molar refractivity (Wildman–Crippen MR) is 88.9 cm³/mol. The van der Waals surface area contributed by atoms with Crippen LogP contribution in [0.5, 0.6) is 0 Å². The van der Waals surface area contributed by atoms with Gasteiger partial charge in [-0.2, -0.15) is 0 Å². The fraction of sp³-hybridized carbons (Fsp3) is 0.533. The van der Waals surface area contributed by atoms with Crippen LogP contribution < -0.4 is 5.73 Å². The molecular formula is C15H21BrN2OS. The first kappa shape index (κ1) is 15.7. The molecule has 1 amide bonds. The van der Waals surface area contributed by atoms with Crippen LogP contribution in [0.2, 0.25) is 0 Å². The number of thioether (sulfide) groups is 1. The van der Waals surface area contributed by atoms with E-state index in [1.165, 1.54) is 31.0 Å². The van der Waals surface area contributed by atoms with Gasteiger partial charge in [-0.1, -0.05) is 35.2 Å². The van der Waals surface area contributed by atoms with Crippen molar-refractivity contribution in [1.82, 2.24) is 4.90 Å². The number of nitrogens with zero attached hydrogens (tertiary/aromatic N) is 1. The van der Waals surface area contributed by atoms with Gasteiger partial charge in [0.25, 0.3) is 0 Å². The average molecular weight is 357 g/mol. The molecule has 20 heavy (non-hydrogen) atoms. The van der Waals surface area contributed by atoms with Crippen LogP contribution in [0, 0.1) is 0 Å². The molecule has 0 unspecified atom stereocenters. The molecule has 5 heteroatoms. The first-order valence-electron chi connectivity index (χ1n) is 7.12. The highest BCUT2D eigenvalue weighted by atomic mass is 79.9. The molecule has 2 N–H and O–H groups in total. The Bertz CT molecular complexity index is 459. The van der Waals surface area contributed by atoms with Gasteiger partial charge in [0, 0.05) is 28.1 Å². The first-order chi connectivity index (χ1) is 9.66. The summed E-state index contributed by atoms with van der Waals surface area (Å²) in [5.74, 6) is 0.713. The average Bonchev–Trinajstić information content (AvgIpc) is 2.37. The summed E-state index contributed by atoms with van der Waals surface area (Å²) < 4.78 is 0.967. The monoisotopic (exact) mass is 356 g/mol. The van der Waals surface area contributed by atoms with Crippen molar-refractivity contribution in [2.45, 2.75) is 37.0 Å². The lowest BCUT2D eigenvalue weighted by Gasteiger charge is -2.24. The number of rotatable bonds is 3. The van der Waals surface area contributed by atoms with E-state index in [0.29, 0.717) is 5.75 Å². The van der Waals surface area contributed by atoms with E-state index >= 15 is 0 Å². The van der Waals surface area contributed by atoms with Crippen molar-refractivity contribution in [1.29, 1.82) is 0 Å². The number of benzene rings is 1. The van der Waals surface area contributed by atoms with Crippen LogP contribution in [-0.4, -0.2) is 29.6 Å². The van der Waals surface area contributed by atoms with Gasteiger partial charge >= 0.3 is 0 Å². The van der Waals surface area contributed by atoms with Crippen molar-refractivity contribution >= 4 is 39.3 Å². The molecule has 3 nitrogen and oxygen atoms in total. The van der Waals surface area contributed by atoms with Crippen molar-refractivity contribution in [3.63, 3.8) is 0 Å². The summed E-state index contributed by atoms with van der Waals surface area (Å²) in [6, 6.07) is 5.80. The van der Waals surface area contributed by atoms with Crippen LogP contribution in [0.4, 0.5) is 5.69 Å². The maximum Gasteiger partial charge on any atom is 0.232 e. The Hall–Kier alpha value is -0.680. The standard InChI is InChI=1S/C15H21BrN2OS/c16-12-6-7-14(13(17)10-12)20-11-15(19)18-8-4-2-1-3-5-9-18/h6-7,10H,1-5,8-9,11,17H2. The van der Waals surface area contributed by atoms with Gasteiger partial charge in [-0.15, -0.1) is 11.8 Å². The Labute approximate surface area is 133 Å². The molecule has 1 aromatic carbocycles. The molecule has 1 saturated heterocycles. The molecule has 1 fully saturated rings. The number of carbonyl (C=O) groups excluding carboxylic acids is 1. The fourth-order valence-corrected chi connectivity index (χ4v) is 3.61. The molecule has 1 aliphatic rings. The number of hydrogen-bond donors (Lipinski definition) is 1. The number of anilines is 1. The molecule has 1 aromatic rings. The van der Waals surface area contributed by atoms with E-state index in [-0.39, 0.29) is 5.91 Å². The zero-order valence-corrected chi connectivity index (χ0v) is 14.0. The third kappa shape index (κ3) is 4.70. The number of likely N-dealkylation sites (tertiary alicyclic amines) is 1. The lowest BCUT2D eigenvalue weighted by molar-refractivity contribution is -0.128. The van der Waals surface area contributed by atoms with Crippen LogP contribution in [-0.2, 0) is 4.79 Å². The summed E-state index contributed by atoms with van der Waals surface area (Å²) in [7, 11) is 0. The minimum absolute atomic E-state index is 0.235. The second-order valence-electron chi connectivity index (χ2n) is 5.12. The molecule has 0 spiro atoms. The number of nitrogens with two attached hydrogens (primary N) is 1. The molecule has 0 saturated carbocycles. The van der Waals surface area contributed by atoms with Crippen molar-refractivity contribution in [2.24, 2.45) is 0 Å². The van der Waals surface area contributed by atoms with Gasteiger partial charge in [-0.3, -0.25) is 4.79 Å². The molecular weight excluding hydrogens is 336 g/mol. The topological polar surface area (TPSA) is 46.3 Å². The molecule has 0 aliphatic carbocycles. The second kappa shape index (κ2) is 7.93. The number of nitrogen functional groups attached to an aromatic ring is 1. The predicted octanol–water partition coefficient (Wildman–Crippen LogP) is 3.92. The summed E-state index contributed by atoms with van der Waals surface area (Å²) in [6.07, 6.45) is 6.08. The van der Waals surface area contributed by atoms with Crippen molar-refractivity contribution < 1.29 is 4.79 Å². The SMILES string of the molecule is Nc1cc(Br)ccc1SCC(=O)N1CCCCCCC1. The van der Waals surface area contributed by atoms with Crippen LogP contribution in [0.25, 0.3) is 0 Å². The molecule has 0 aromatic heterocycles. The molecule has 0 bridgehead atoms. The van der Waals surface area contributed by atoms with E-state index in [1.54, 1.807) is 0 Å². The van der Waals surface area contributed by atoms with E-state index in [4.69, 9.17) is 5.73 Å². The molecule has 0 radical (unpaired) electrons. The number of halogens is 1. The molecule has 2 rings (SSSR count). The Morgan fingerprint density at radius 2 is 1.85 bits per heavy atom.